The van der Waals surface area contributed by atoms with Gasteiger partial charge in [-0.15, -0.1) is 0 Å². The second-order valence-electron chi connectivity index (χ2n) is 7.67. The van der Waals surface area contributed by atoms with E-state index in [0.29, 0.717) is 5.69 Å². The largest absolute Gasteiger partial charge is 0.464 e. The van der Waals surface area contributed by atoms with E-state index in [1.54, 1.807) is 31.2 Å². The number of hydrogen-bond acceptors (Lipinski definition) is 4. The number of fused-ring (bicyclic) bond motifs is 1. The molecule has 2 aliphatic rings. The molecule has 0 unspecified atom stereocenters. The lowest BCUT2D eigenvalue weighted by atomic mass is 9.80. The van der Waals surface area contributed by atoms with Crippen LogP contribution in [-0.4, -0.2) is 30.4 Å². The lowest BCUT2D eigenvalue weighted by molar-refractivity contribution is -0.730. The van der Waals surface area contributed by atoms with Gasteiger partial charge in [0.1, 0.15) is 17.9 Å². The van der Waals surface area contributed by atoms with Crippen molar-refractivity contribution in [3.8, 4) is 0 Å². The van der Waals surface area contributed by atoms with Gasteiger partial charge in [-0.05, 0) is 24.6 Å². The van der Waals surface area contributed by atoms with E-state index in [-0.39, 0.29) is 17.9 Å². The summed E-state index contributed by atoms with van der Waals surface area (Å²) in [6.45, 7) is 3.68. The molecule has 0 bridgehead atoms. The zero-order valence-electron chi connectivity index (χ0n) is 16.1. The molecule has 2 N–H and O–H groups in total. The normalized spacial score (nSPS) is 29.1. The number of aryl methyl sites for hydroxylation is 1. The first kappa shape index (κ1) is 18.4. The Morgan fingerprint density at radius 3 is 2.32 bits per heavy atom. The molecule has 144 valence electrons. The number of ether oxygens (including phenoxy) is 1. The van der Waals surface area contributed by atoms with Crippen molar-refractivity contribution in [1.29, 1.82) is 0 Å². The number of carbonyl (C=O) groups excluding carboxylic acids is 3. The quantitative estimate of drug-likeness (QED) is 0.645. The molecule has 28 heavy (non-hydrogen) atoms. The van der Waals surface area contributed by atoms with Gasteiger partial charge >= 0.3 is 5.97 Å². The van der Waals surface area contributed by atoms with Crippen molar-refractivity contribution in [2.24, 2.45) is 11.8 Å². The zero-order chi connectivity index (χ0) is 20.1. The number of anilines is 1. The number of esters is 1. The smallest absolute Gasteiger partial charge is 0.368 e. The molecule has 2 amide bonds. The van der Waals surface area contributed by atoms with Crippen LogP contribution in [0.5, 0.6) is 0 Å². The average Bonchev–Trinajstić information content (AvgIpc) is 3.16. The van der Waals surface area contributed by atoms with Crippen LogP contribution < -0.4 is 10.2 Å². The van der Waals surface area contributed by atoms with Gasteiger partial charge in [0.15, 0.2) is 0 Å². The van der Waals surface area contributed by atoms with Crippen LogP contribution in [-0.2, 0) is 19.1 Å². The van der Waals surface area contributed by atoms with E-state index in [4.69, 9.17) is 4.74 Å². The van der Waals surface area contributed by atoms with Gasteiger partial charge in [0, 0.05) is 12.5 Å². The Bertz CT molecular complexity index is 958. The predicted molar refractivity (Wildman–Crippen MR) is 102 cm³/mol. The Morgan fingerprint density at radius 1 is 1.04 bits per heavy atom. The number of hydrogen-bond donors (Lipinski definition) is 1. The van der Waals surface area contributed by atoms with Crippen molar-refractivity contribution in [3.63, 3.8) is 0 Å². The molecule has 6 nitrogen and oxygen atoms in total. The van der Waals surface area contributed by atoms with Crippen molar-refractivity contribution < 1.29 is 24.4 Å². The fourth-order valence-corrected chi connectivity index (χ4v) is 4.75. The number of nitrogens with two attached hydrogens (primary N) is 1. The van der Waals surface area contributed by atoms with E-state index in [0.717, 1.165) is 11.1 Å². The molecular formula is C22H23N2O4+. The Balaban J connectivity index is 1.85. The van der Waals surface area contributed by atoms with Crippen molar-refractivity contribution in [1.82, 2.24) is 0 Å². The van der Waals surface area contributed by atoms with Crippen molar-refractivity contribution in [3.05, 3.63) is 65.7 Å². The zero-order valence-corrected chi connectivity index (χ0v) is 16.1. The first-order chi connectivity index (χ1) is 13.4. The van der Waals surface area contributed by atoms with Crippen LogP contribution in [0.3, 0.4) is 0 Å². The summed E-state index contributed by atoms with van der Waals surface area (Å²) in [6.07, 6.45) is 0. The second-order valence-corrected chi connectivity index (χ2v) is 7.67. The number of imide groups is 1. The summed E-state index contributed by atoms with van der Waals surface area (Å²) in [4.78, 5) is 40.7. The highest BCUT2D eigenvalue weighted by atomic mass is 16.5. The summed E-state index contributed by atoms with van der Waals surface area (Å²) < 4.78 is 5.03. The van der Waals surface area contributed by atoms with E-state index in [1.165, 1.54) is 12.0 Å². The minimum atomic E-state index is -1.16. The fraction of sp³-hybridized carbons (Fsp3) is 0.318. The fourth-order valence-electron chi connectivity index (χ4n) is 4.75. The summed E-state index contributed by atoms with van der Waals surface area (Å²) in [5.41, 5.74) is 1.35. The first-order valence-electron chi connectivity index (χ1n) is 9.33. The first-order valence-corrected chi connectivity index (χ1v) is 9.33. The molecule has 2 saturated heterocycles. The number of para-hydroxylation sites is 1. The Hall–Kier alpha value is -2.99. The standard InChI is InChI=1S/C22H22N2O4/c1-13-9-7-8-12-15(13)18-16-17(22(2,23-18)21(27)28-3)20(26)24(19(16)25)14-10-5-4-6-11-14/h4-12,16-18,23H,1-3H3/p+1/t16-,17+,18+,22+/m1/s1. The third kappa shape index (κ3) is 2.48. The van der Waals surface area contributed by atoms with Gasteiger partial charge < -0.3 is 10.1 Å². The maximum absolute atomic E-state index is 13.4. The van der Waals surface area contributed by atoms with Gasteiger partial charge in [0.25, 0.3) is 0 Å². The molecule has 2 aliphatic heterocycles. The molecule has 0 saturated carbocycles. The van der Waals surface area contributed by atoms with Gasteiger partial charge in [-0.1, -0.05) is 42.5 Å². The Morgan fingerprint density at radius 2 is 1.68 bits per heavy atom. The molecule has 0 radical (unpaired) electrons. The van der Waals surface area contributed by atoms with Gasteiger partial charge in [-0.2, -0.15) is 0 Å². The van der Waals surface area contributed by atoms with Crippen LogP contribution in [0.1, 0.15) is 24.1 Å². The Kier molecular flexibility index (Phi) is 4.31. The molecule has 4 atom stereocenters. The average molecular weight is 379 g/mol. The number of benzene rings is 2. The number of carbonyl (C=O) groups is 3. The van der Waals surface area contributed by atoms with Crippen LogP contribution in [0, 0.1) is 18.8 Å². The lowest BCUT2D eigenvalue weighted by Gasteiger charge is -2.26. The number of rotatable bonds is 3. The van der Waals surface area contributed by atoms with Crippen LogP contribution in [0.15, 0.2) is 54.6 Å². The van der Waals surface area contributed by atoms with Crippen molar-refractivity contribution >= 4 is 23.5 Å². The summed E-state index contributed by atoms with van der Waals surface area (Å²) in [6, 6.07) is 16.3. The van der Waals surface area contributed by atoms with Crippen LogP contribution in [0.25, 0.3) is 0 Å². The van der Waals surface area contributed by atoms with Crippen LogP contribution in [0.2, 0.25) is 0 Å². The van der Waals surface area contributed by atoms with E-state index >= 15 is 0 Å². The third-order valence-corrected chi connectivity index (χ3v) is 6.10. The number of quaternary nitrogens is 1. The van der Waals surface area contributed by atoms with Gasteiger partial charge in [-0.3, -0.25) is 9.59 Å². The monoisotopic (exact) mass is 379 g/mol. The molecular weight excluding hydrogens is 356 g/mol. The highest BCUT2D eigenvalue weighted by Crippen LogP contribution is 2.46. The molecule has 2 aromatic rings. The summed E-state index contributed by atoms with van der Waals surface area (Å²) in [7, 11) is 1.31. The van der Waals surface area contributed by atoms with E-state index < -0.39 is 23.3 Å². The molecule has 0 aliphatic carbocycles. The minimum Gasteiger partial charge on any atom is -0.464 e. The number of methoxy groups -OCH3 is 1. The molecule has 0 spiro atoms. The summed E-state index contributed by atoms with van der Waals surface area (Å²) in [5.74, 6) is -2.51. The van der Waals surface area contributed by atoms with Crippen molar-refractivity contribution in [2.45, 2.75) is 25.4 Å². The molecule has 2 heterocycles. The van der Waals surface area contributed by atoms with Crippen LogP contribution >= 0.6 is 0 Å². The summed E-state index contributed by atoms with van der Waals surface area (Å²) in [5, 5.41) is 1.84. The number of amides is 2. The highest BCUT2D eigenvalue weighted by molar-refractivity contribution is 6.23. The highest BCUT2D eigenvalue weighted by Gasteiger charge is 2.70. The van der Waals surface area contributed by atoms with Crippen LogP contribution in [0.4, 0.5) is 5.69 Å². The minimum absolute atomic E-state index is 0.265. The topological polar surface area (TPSA) is 80.3 Å². The molecule has 0 aromatic heterocycles. The van der Waals surface area contributed by atoms with Gasteiger partial charge in [0.2, 0.25) is 17.4 Å². The molecule has 2 aromatic carbocycles. The Labute approximate surface area is 163 Å². The van der Waals surface area contributed by atoms with E-state index in [2.05, 4.69) is 0 Å². The third-order valence-electron chi connectivity index (χ3n) is 6.10. The van der Waals surface area contributed by atoms with E-state index in [1.807, 2.05) is 42.6 Å². The van der Waals surface area contributed by atoms with Gasteiger partial charge in [0.05, 0.1) is 12.8 Å². The lowest BCUT2D eigenvalue weighted by Crippen LogP contribution is -2.97. The summed E-state index contributed by atoms with van der Waals surface area (Å²) >= 11 is 0. The van der Waals surface area contributed by atoms with Gasteiger partial charge in [-0.25, -0.2) is 9.69 Å². The maximum atomic E-state index is 13.4. The predicted octanol–water partition coefficient (Wildman–Crippen LogP) is 1.35. The second kappa shape index (κ2) is 6.56. The SMILES string of the molecule is COC(=O)[C@@]1(C)[NH2+][C@@H](c2ccccc2C)[C@@H]2C(=O)N(c3ccccc3)C(=O)[C@H]21. The molecule has 6 heteroatoms. The van der Waals surface area contributed by atoms with E-state index in [9.17, 15) is 14.4 Å². The molecule has 2 fully saturated rings. The van der Waals surface area contributed by atoms with Crippen molar-refractivity contribution in [2.75, 3.05) is 12.0 Å². The maximum Gasteiger partial charge on any atom is 0.368 e. The number of nitrogens with zero attached hydrogens (tertiary/aromatic N) is 1. The molecule has 4 rings (SSSR count).